The number of piperazine rings is 1. The molecule has 2 rings (SSSR count). The summed E-state index contributed by atoms with van der Waals surface area (Å²) in [7, 11) is 0. The minimum atomic E-state index is -0.445. The zero-order chi connectivity index (χ0) is 14.0. The summed E-state index contributed by atoms with van der Waals surface area (Å²) in [5.41, 5.74) is 2.36. The first-order chi connectivity index (χ1) is 8.99. The maximum atomic E-state index is 11.8. The lowest BCUT2D eigenvalue weighted by Gasteiger charge is -2.37. The molecule has 19 heavy (non-hydrogen) atoms. The molecule has 0 N–H and O–H groups in total. The average Bonchev–Trinajstić information content (AvgIpc) is 2.41. The molecule has 0 spiro atoms. The summed E-state index contributed by atoms with van der Waals surface area (Å²) in [4.78, 5) is 15.9. The number of hydrogen-bond donors (Lipinski definition) is 0. The summed E-state index contributed by atoms with van der Waals surface area (Å²) in [5.74, 6) is 0.0177. The fraction of sp³-hybridized carbons (Fsp3) is 0.500. The Hall–Kier alpha value is -0.930. The number of benzene rings is 1. The third-order valence-corrected chi connectivity index (χ3v) is 3.87. The van der Waals surface area contributed by atoms with Crippen LogP contribution in [0.5, 0.6) is 0 Å². The first-order valence-corrected chi connectivity index (χ1v) is 7.24. The molecule has 0 radical (unpaired) electrons. The Morgan fingerprint density at radius 3 is 2.47 bits per heavy atom. The van der Waals surface area contributed by atoms with Crippen LogP contribution in [0, 0.1) is 6.92 Å². The molecular formula is C14H18Cl2N2O. The van der Waals surface area contributed by atoms with Crippen LogP contribution >= 0.6 is 23.2 Å². The topological polar surface area (TPSA) is 23.6 Å². The molecule has 104 valence electrons. The summed E-state index contributed by atoms with van der Waals surface area (Å²) in [6.45, 7) is 6.85. The van der Waals surface area contributed by atoms with Gasteiger partial charge < -0.3 is 9.80 Å². The van der Waals surface area contributed by atoms with E-state index in [1.807, 2.05) is 23.1 Å². The van der Waals surface area contributed by atoms with Crippen molar-refractivity contribution in [2.75, 3.05) is 31.1 Å². The molecular weight excluding hydrogens is 283 g/mol. The van der Waals surface area contributed by atoms with Crippen molar-refractivity contribution in [3.05, 3.63) is 28.8 Å². The van der Waals surface area contributed by atoms with Gasteiger partial charge in [-0.25, -0.2) is 0 Å². The van der Waals surface area contributed by atoms with Gasteiger partial charge in [0.05, 0.1) is 0 Å². The van der Waals surface area contributed by atoms with Crippen molar-refractivity contribution in [3.8, 4) is 0 Å². The third kappa shape index (κ3) is 3.34. The van der Waals surface area contributed by atoms with Gasteiger partial charge in [0.15, 0.2) is 0 Å². The van der Waals surface area contributed by atoms with E-state index in [9.17, 15) is 4.79 Å². The fourth-order valence-electron chi connectivity index (χ4n) is 2.34. The van der Waals surface area contributed by atoms with Gasteiger partial charge in [-0.2, -0.15) is 0 Å². The van der Waals surface area contributed by atoms with Gasteiger partial charge in [-0.05, 0) is 31.5 Å². The second-order valence-corrected chi connectivity index (χ2v) is 5.95. The number of anilines is 1. The van der Waals surface area contributed by atoms with Crippen molar-refractivity contribution in [1.29, 1.82) is 0 Å². The zero-order valence-corrected chi connectivity index (χ0v) is 12.7. The second kappa shape index (κ2) is 6.02. The molecule has 1 fully saturated rings. The number of rotatable bonds is 2. The molecule has 1 amide bonds. The summed E-state index contributed by atoms with van der Waals surface area (Å²) >= 11 is 11.9. The third-order valence-electron chi connectivity index (χ3n) is 3.44. The lowest BCUT2D eigenvalue weighted by atomic mass is 10.1. The van der Waals surface area contributed by atoms with Crippen LogP contribution in [0.1, 0.15) is 12.5 Å². The van der Waals surface area contributed by atoms with E-state index >= 15 is 0 Å². The summed E-state index contributed by atoms with van der Waals surface area (Å²) in [6, 6.07) is 5.91. The Morgan fingerprint density at radius 1 is 1.26 bits per heavy atom. The van der Waals surface area contributed by atoms with Crippen LogP contribution in [0.25, 0.3) is 0 Å². The Morgan fingerprint density at radius 2 is 1.89 bits per heavy atom. The van der Waals surface area contributed by atoms with Crippen LogP contribution in [0.15, 0.2) is 18.2 Å². The van der Waals surface area contributed by atoms with E-state index in [1.54, 1.807) is 6.92 Å². The van der Waals surface area contributed by atoms with Gasteiger partial charge in [-0.1, -0.05) is 17.7 Å². The van der Waals surface area contributed by atoms with Gasteiger partial charge in [0, 0.05) is 36.9 Å². The molecule has 1 aromatic rings. The largest absolute Gasteiger partial charge is 0.368 e. The first kappa shape index (κ1) is 14.5. The molecule has 1 saturated heterocycles. The van der Waals surface area contributed by atoms with E-state index in [0.717, 1.165) is 23.8 Å². The van der Waals surface area contributed by atoms with Gasteiger partial charge in [0.2, 0.25) is 5.91 Å². The standard InChI is InChI=1S/C14H18Cl2N2O/c1-10-3-4-12(16)9-13(10)17-5-7-18(8-6-17)14(19)11(2)15/h3-4,9,11H,5-8H2,1-2H3/t11-/m1/s1. The normalized spacial score (nSPS) is 17.5. The number of halogens is 2. The average molecular weight is 301 g/mol. The van der Waals surface area contributed by atoms with Gasteiger partial charge in [-0.15, -0.1) is 11.6 Å². The number of hydrogen-bond acceptors (Lipinski definition) is 2. The predicted octanol–water partition coefficient (Wildman–Crippen LogP) is 2.92. The quantitative estimate of drug-likeness (QED) is 0.784. The molecule has 0 aliphatic carbocycles. The van der Waals surface area contributed by atoms with Gasteiger partial charge in [0.1, 0.15) is 5.38 Å². The van der Waals surface area contributed by atoms with Crippen molar-refractivity contribution in [3.63, 3.8) is 0 Å². The molecule has 1 aromatic carbocycles. The zero-order valence-electron chi connectivity index (χ0n) is 11.2. The fourth-order valence-corrected chi connectivity index (χ4v) is 2.65. The maximum Gasteiger partial charge on any atom is 0.240 e. The van der Waals surface area contributed by atoms with Crippen molar-refractivity contribution in [1.82, 2.24) is 4.90 Å². The smallest absolute Gasteiger partial charge is 0.240 e. The highest BCUT2D eigenvalue weighted by Gasteiger charge is 2.24. The second-order valence-electron chi connectivity index (χ2n) is 4.86. The van der Waals surface area contributed by atoms with Crippen molar-refractivity contribution in [2.45, 2.75) is 19.2 Å². The number of aryl methyl sites for hydroxylation is 1. The molecule has 0 unspecified atom stereocenters. The van der Waals surface area contributed by atoms with E-state index in [0.29, 0.717) is 13.1 Å². The summed E-state index contributed by atoms with van der Waals surface area (Å²) in [5, 5.41) is 0.299. The molecule has 1 atom stereocenters. The van der Waals surface area contributed by atoms with E-state index in [1.165, 1.54) is 5.56 Å². The van der Waals surface area contributed by atoms with Crippen molar-refractivity contribution in [2.24, 2.45) is 0 Å². The van der Waals surface area contributed by atoms with Crippen LogP contribution < -0.4 is 4.90 Å². The number of amides is 1. The van der Waals surface area contributed by atoms with Crippen molar-refractivity contribution < 1.29 is 4.79 Å². The highest BCUT2D eigenvalue weighted by atomic mass is 35.5. The van der Waals surface area contributed by atoms with Crippen molar-refractivity contribution >= 4 is 34.8 Å². The summed E-state index contributed by atoms with van der Waals surface area (Å²) < 4.78 is 0. The van der Waals surface area contributed by atoms with Gasteiger partial charge in [0.25, 0.3) is 0 Å². The maximum absolute atomic E-state index is 11.8. The minimum Gasteiger partial charge on any atom is -0.368 e. The van der Waals surface area contributed by atoms with E-state index in [4.69, 9.17) is 23.2 Å². The SMILES string of the molecule is Cc1ccc(Cl)cc1N1CCN(C(=O)[C@@H](C)Cl)CC1. The summed E-state index contributed by atoms with van der Waals surface area (Å²) in [6.07, 6.45) is 0. The van der Waals surface area contributed by atoms with E-state index in [-0.39, 0.29) is 5.91 Å². The number of nitrogens with zero attached hydrogens (tertiary/aromatic N) is 2. The molecule has 1 aliphatic heterocycles. The molecule has 5 heteroatoms. The Kier molecular flexibility index (Phi) is 4.58. The first-order valence-electron chi connectivity index (χ1n) is 6.43. The Balaban J connectivity index is 2.04. The number of alkyl halides is 1. The van der Waals surface area contributed by atoms with Gasteiger partial charge in [-0.3, -0.25) is 4.79 Å². The highest BCUT2D eigenvalue weighted by molar-refractivity contribution is 6.31. The lowest BCUT2D eigenvalue weighted by molar-refractivity contribution is -0.130. The van der Waals surface area contributed by atoms with E-state index < -0.39 is 5.38 Å². The number of carbonyl (C=O) groups is 1. The van der Waals surface area contributed by atoms with Crippen LogP contribution in [0.2, 0.25) is 5.02 Å². The molecule has 0 aromatic heterocycles. The Labute approximate surface area is 124 Å². The molecule has 3 nitrogen and oxygen atoms in total. The van der Waals surface area contributed by atoms with Crippen LogP contribution in [0.3, 0.4) is 0 Å². The minimum absolute atomic E-state index is 0.0177. The number of carbonyl (C=O) groups excluding carboxylic acids is 1. The van der Waals surface area contributed by atoms with Gasteiger partial charge >= 0.3 is 0 Å². The van der Waals surface area contributed by atoms with Crippen LogP contribution in [-0.4, -0.2) is 42.4 Å². The molecule has 0 bridgehead atoms. The molecule has 1 heterocycles. The van der Waals surface area contributed by atoms with E-state index in [2.05, 4.69) is 11.8 Å². The predicted molar refractivity (Wildman–Crippen MR) is 80.3 cm³/mol. The lowest BCUT2D eigenvalue weighted by Crippen LogP contribution is -2.50. The highest BCUT2D eigenvalue weighted by Crippen LogP contribution is 2.25. The van der Waals surface area contributed by atoms with Crippen LogP contribution in [0.4, 0.5) is 5.69 Å². The van der Waals surface area contributed by atoms with Crippen LogP contribution in [-0.2, 0) is 4.79 Å². The monoisotopic (exact) mass is 300 g/mol. The Bertz CT molecular complexity index is 469. The molecule has 1 aliphatic rings. The molecule has 0 saturated carbocycles.